The van der Waals surface area contributed by atoms with Crippen molar-refractivity contribution in [1.82, 2.24) is 9.80 Å². The summed E-state index contributed by atoms with van der Waals surface area (Å²) >= 11 is 0. The van der Waals surface area contributed by atoms with E-state index in [-0.39, 0.29) is 25.7 Å². The zero-order chi connectivity index (χ0) is 13.4. The van der Waals surface area contributed by atoms with Gasteiger partial charge in [-0.15, -0.1) is 6.58 Å². The van der Waals surface area contributed by atoms with Crippen LogP contribution in [-0.4, -0.2) is 65.3 Å². The van der Waals surface area contributed by atoms with E-state index < -0.39 is 11.9 Å². The van der Waals surface area contributed by atoms with Gasteiger partial charge in [0.1, 0.15) is 0 Å². The number of aliphatic hydroxyl groups excluding tert-OH is 1. The highest BCUT2D eigenvalue weighted by molar-refractivity contribution is 5.76. The minimum Gasteiger partial charge on any atom is -0.481 e. The maximum Gasteiger partial charge on any atom is 0.320 e. The molecule has 0 heterocycles. The first-order chi connectivity index (χ1) is 7.93. The minimum absolute atomic E-state index is 0.132. The zero-order valence-corrected chi connectivity index (χ0v) is 10.3. The van der Waals surface area contributed by atoms with Crippen molar-refractivity contribution in [3.05, 3.63) is 12.7 Å². The van der Waals surface area contributed by atoms with Crippen LogP contribution in [-0.2, 0) is 4.79 Å². The number of aliphatic carboxylic acids is 1. The van der Waals surface area contributed by atoms with Gasteiger partial charge in [-0.25, -0.2) is 4.79 Å². The van der Waals surface area contributed by atoms with Gasteiger partial charge in [-0.1, -0.05) is 13.0 Å². The molecule has 0 aliphatic rings. The Morgan fingerprint density at radius 3 is 2.47 bits per heavy atom. The van der Waals surface area contributed by atoms with Crippen LogP contribution in [0.1, 0.15) is 6.92 Å². The first kappa shape index (κ1) is 15.4. The van der Waals surface area contributed by atoms with Gasteiger partial charge in [-0.05, 0) is 0 Å². The van der Waals surface area contributed by atoms with E-state index in [9.17, 15) is 9.59 Å². The number of hydrogen-bond donors (Lipinski definition) is 2. The Balaban J connectivity index is 4.43. The molecule has 0 aliphatic carbocycles. The Morgan fingerprint density at radius 2 is 2.06 bits per heavy atom. The number of carbonyl (C=O) groups is 2. The number of urea groups is 1. The van der Waals surface area contributed by atoms with E-state index in [1.54, 1.807) is 6.08 Å². The highest BCUT2D eigenvalue weighted by Crippen LogP contribution is 2.02. The average molecular weight is 244 g/mol. The number of carboxylic acid groups (broad SMARTS) is 1. The number of hydrogen-bond acceptors (Lipinski definition) is 3. The molecule has 2 N–H and O–H groups in total. The molecule has 0 saturated carbocycles. The van der Waals surface area contributed by atoms with Crippen molar-refractivity contribution in [3.63, 3.8) is 0 Å². The van der Waals surface area contributed by atoms with E-state index in [4.69, 9.17) is 10.2 Å². The molecule has 98 valence electrons. The molecule has 0 aromatic heterocycles. The van der Waals surface area contributed by atoms with Crippen LogP contribution in [0.3, 0.4) is 0 Å². The van der Waals surface area contributed by atoms with Gasteiger partial charge in [0.2, 0.25) is 0 Å². The summed E-state index contributed by atoms with van der Waals surface area (Å²) in [7, 11) is 1.54. The van der Waals surface area contributed by atoms with Gasteiger partial charge in [0.15, 0.2) is 0 Å². The monoisotopic (exact) mass is 244 g/mol. The third-order valence-electron chi connectivity index (χ3n) is 2.29. The summed E-state index contributed by atoms with van der Waals surface area (Å²) in [5.41, 5.74) is 0. The lowest BCUT2D eigenvalue weighted by molar-refractivity contribution is -0.141. The molecule has 0 saturated heterocycles. The molecule has 17 heavy (non-hydrogen) atoms. The Hall–Kier alpha value is -1.56. The quantitative estimate of drug-likeness (QED) is 0.629. The van der Waals surface area contributed by atoms with Crippen molar-refractivity contribution in [2.45, 2.75) is 6.92 Å². The number of rotatable bonds is 7. The normalized spacial score (nSPS) is 11.7. The Bertz CT molecular complexity index is 281. The van der Waals surface area contributed by atoms with Gasteiger partial charge in [0.25, 0.3) is 0 Å². The van der Waals surface area contributed by atoms with Crippen LogP contribution in [0, 0.1) is 5.92 Å². The first-order valence-electron chi connectivity index (χ1n) is 5.38. The fourth-order valence-corrected chi connectivity index (χ4v) is 1.35. The van der Waals surface area contributed by atoms with Crippen LogP contribution in [0.4, 0.5) is 4.79 Å². The zero-order valence-electron chi connectivity index (χ0n) is 10.3. The van der Waals surface area contributed by atoms with Crippen LogP contribution in [0.2, 0.25) is 0 Å². The Labute approximate surface area is 101 Å². The van der Waals surface area contributed by atoms with E-state index in [0.29, 0.717) is 6.54 Å². The molecule has 0 aliphatic heterocycles. The lowest BCUT2D eigenvalue weighted by Crippen LogP contribution is -2.44. The van der Waals surface area contributed by atoms with Gasteiger partial charge in [0.05, 0.1) is 12.5 Å². The number of carboxylic acids is 1. The second kappa shape index (κ2) is 7.67. The van der Waals surface area contributed by atoms with Crippen LogP contribution in [0.25, 0.3) is 0 Å². The largest absolute Gasteiger partial charge is 0.481 e. The van der Waals surface area contributed by atoms with Crippen LogP contribution < -0.4 is 0 Å². The van der Waals surface area contributed by atoms with Crippen LogP contribution in [0.5, 0.6) is 0 Å². The van der Waals surface area contributed by atoms with E-state index in [1.165, 1.54) is 23.8 Å². The van der Waals surface area contributed by atoms with Crippen molar-refractivity contribution in [2.75, 3.05) is 33.3 Å². The number of aliphatic hydroxyl groups is 1. The second-order valence-electron chi connectivity index (χ2n) is 3.86. The first-order valence-corrected chi connectivity index (χ1v) is 5.38. The minimum atomic E-state index is -0.943. The standard InChI is InChI=1S/C11H20N2O4/c1-4-5-13(6-7-14)11(17)12(3)8-9(2)10(15)16/h4,9,14H,1,5-8H2,2-3H3,(H,15,16). The van der Waals surface area contributed by atoms with Gasteiger partial charge in [0, 0.05) is 26.7 Å². The van der Waals surface area contributed by atoms with Crippen molar-refractivity contribution in [3.8, 4) is 0 Å². The molecule has 0 bridgehead atoms. The summed E-state index contributed by atoms with van der Waals surface area (Å²) in [5.74, 6) is -1.56. The topological polar surface area (TPSA) is 81.1 Å². The van der Waals surface area contributed by atoms with Crippen molar-refractivity contribution < 1.29 is 19.8 Å². The molecular weight excluding hydrogens is 224 g/mol. The predicted molar refractivity (Wildman–Crippen MR) is 63.7 cm³/mol. The molecule has 0 radical (unpaired) electrons. The molecule has 0 spiro atoms. The van der Waals surface area contributed by atoms with E-state index >= 15 is 0 Å². The molecule has 0 fully saturated rings. The highest BCUT2D eigenvalue weighted by Gasteiger charge is 2.20. The van der Waals surface area contributed by atoms with Crippen molar-refractivity contribution in [2.24, 2.45) is 5.92 Å². The summed E-state index contributed by atoms with van der Waals surface area (Å²) < 4.78 is 0. The van der Waals surface area contributed by atoms with Crippen LogP contribution in [0.15, 0.2) is 12.7 Å². The molecular formula is C11H20N2O4. The third-order valence-corrected chi connectivity index (χ3v) is 2.29. The Morgan fingerprint density at radius 1 is 1.47 bits per heavy atom. The fourth-order valence-electron chi connectivity index (χ4n) is 1.35. The van der Waals surface area contributed by atoms with Gasteiger partial charge >= 0.3 is 12.0 Å². The summed E-state index contributed by atoms with van der Waals surface area (Å²) in [4.78, 5) is 25.3. The Kier molecular flexibility index (Phi) is 6.97. The second-order valence-corrected chi connectivity index (χ2v) is 3.86. The molecule has 0 rings (SSSR count). The van der Waals surface area contributed by atoms with E-state index in [0.717, 1.165) is 0 Å². The van der Waals surface area contributed by atoms with Crippen LogP contribution >= 0.6 is 0 Å². The number of nitrogens with zero attached hydrogens (tertiary/aromatic N) is 2. The molecule has 0 aromatic rings. The average Bonchev–Trinajstić information content (AvgIpc) is 2.27. The summed E-state index contributed by atoms with van der Waals surface area (Å²) in [6.45, 7) is 5.59. The van der Waals surface area contributed by atoms with Crippen molar-refractivity contribution >= 4 is 12.0 Å². The van der Waals surface area contributed by atoms with E-state index in [1.807, 2.05) is 0 Å². The SMILES string of the molecule is C=CCN(CCO)C(=O)N(C)CC(C)C(=O)O. The molecule has 6 nitrogen and oxygen atoms in total. The smallest absolute Gasteiger partial charge is 0.320 e. The molecule has 6 heteroatoms. The number of carbonyl (C=O) groups excluding carboxylic acids is 1. The molecule has 2 amide bonds. The lowest BCUT2D eigenvalue weighted by atomic mass is 10.2. The number of amides is 2. The molecule has 1 unspecified atom stereocenters. The fraction of sp³-hybridized carbons (Fsp3) is 0.636. The predicted octanol–water partition coefficient (Wildman–Crippen LogP) is 0.239. The highest BCUT2D eigenvalue weighted by atomic mass is 16.4. The molecule has 0 aromatic carbocycles. The lowest BCUT2D eigenvalue weighted by Gasteiger charge is -2.27. The maximum absolute atomic E-state index is 11.9. The maximum atomic E-state index is 11.9. The van der Waals surface area contributed by atoms with Gasteiger partial charge in [-0.2, -0.15) is 0 Å². The summed E-state index contributed by atoms with van der Waals surface area (Å²) in [5, 5.41) is 17.6. The summed E-state index contributed by atoms with van der Waals surface area (Å²) in [6.07, 6.45) is 1.56. The third kappa shape index (κ3) is 5.35. The summed E-state index contributed by atoms with van der Waals surface area (Å²) in [6, 6.07) is -0.313. The van der Waals surface area contributed by atoms with Gasteiger partial charge in [-0.3, -0.25) is 4.79 Å². The molecule has 1 atom stereocenters. The van der Waals surface area contributed by atoms with Crippen molar-refractivity contribution in [1.29, 1.82) is 0 Å². The van der Waals surface area contributed by atoms with Gasteiger partial charge < -0.3 is 20.0 Å². The van der Waals surface area contributed by atoms with E-state index in [2.05, 4.69) is 6.58 Å².